The van der Waals surface area contributed by atoms with Crippen LogP contribution in [0.25, 0.3) is 0 Å². The maximum Gasteiger partial charge on any atom is 0.408 e. The molecule has 12 heavy (non-hydrogen) atoms. The first-order valence-corrected chi connectivity index (χ1v) is 4.79. The maximum atomic E-state index is 10.6. The second-order valence-corrected chi connectivity index (χ2v) is 2.43. The maximum absolute atomic E-state index is 10.6. The van der Waals surface area contributed by atoms with Crippen molar-refractivity contribution >= 4 is 34.7 Å². The number of alkyl halides is 1. The molecule has 0 rings (SSSR count). The van der Waals surface area contributed by atoms with Gasteiger partial charge in [0.25, 0.3) is 0 Å². The fourth-order valence-corrected chi connectivity index (χ4v) is 0.731. The molecule has 0 aliphatic rings. The van der Waals surface area contributed by atoms with Crippen molar-refractivity contribution in [2.24, 2.45) is 0 Å². The summed E-state index contributed by atoms with van der Waals surface area (Å²) in [5.41, 5.74) is 0. The number of alkyl carbamates (subject to hydrolysis) is 1. The van der Waals surface area contributed by atoms with Crippen LogP contribution in [0.5, 0.6) is 0 Å². The second kappa shape index (κ2) is 7.14. The van der Waals surface area contributed by atoms with Crippen LogP contribution in [0.2, 0.25) is 0 Å². The van der Waals surface area contributed by atoms with E-state index in [1.54, 1.807) is 0 Å². The van der Waals surface area contributed by atoms with E-state index in [0.717, 1.165) is 0 Å². The molecule has 0 spiro atoms. The Labute approximate surface area is 83.9 Å². The van der Waals surface area contributed by atoms with Gasteiger partial charge in [0.05, 0.1) is 6.54 Å². The Balaban J connectivity index is 3.19. The highest BCUT2D eigenvalue weighted by Gasteiger charge is 1.99. The summed E-state index contributed by atoms with van der Waals surface area (Å²) in [6.45, 7) is 1.75. The van der Waals surface area contributed by atoms with Crippen LogP contribution in [-0.2, 0) is 14.3 Å². The molecule has 0 heterocycles. The number of carbonyl (C=O) groups excluding carboxylic acids is 2. The van der Waals surface area contributed by atoms with Gasteiger partial charge in [-0.05, 0) is 22.6 Å². The number of ether oxygens (including phenoxy) is 2. The standard InChI is InChI=1S/C6H10INO4/c1-5(9)11-3-2-8-6(10)12-4-7/h2-4H2,1H3,(H,8,10). The van der Waals surface area contributed by atoms with Crippen molar-refractivity contribution in [1.82, 2.24) is 5.32 Å². The molecule has 0 atom stereocenters. The Morgan fingerprint density at radius 1 is 1.42 bits per heavy atom. The van der Waals surface area contributed by atoms with Gasteiger partial charge in [0.2, 0.25) is 0 Å². The molecule has 0 saturated heterocycles. The van der Waals surface area contributed by atoms with Crippen LogP contribution >= 0.6 is 22.6 Å². The van der Waals surface area contributed by atoms with Gasteiger partial charge in [0.1, 0.15) is 11.2 Å². The highest BCUT2D eigenvalue weighted by Crippen LogP contribution is 1.84. The smallest absolute Gasteiger partial charge is 0.408 e. The molecule has 0 radical (unpaired) electrons. The van der Waals surface area contributed by atoms with Gasteiger partial charge < -0.3 is 14.8 Å². The third-order valence-electron chi connectivity index (χ3n) is 0.862. The van der Waals surface area contributed by atoms with Crippen molar-refractivity contribution < 1.29 is 19.1 Å². The van der Waals surface area contributed by atoms with Crippen molar-refractivity contribution in [2.45, 2.75) is 6.92 Å². The largest absolute Gasteiger partial charge is 0.464 e. The molecule has 0 aromatic heterocycles. The van der Waals surface area contributed by atoms with Crippen molar-refractivity contribution in [2.75, 3.05) is 17.8 Å². The number of hydrogen-bond acceptors (Lipinski definition) is 4. The van der Waals surface area contributed by atoms with Crippen LogP contribution in [0.3, 0.4) is 0 Å². The molecule has 0 bridgehead atoms. The lowest BCUT2D eigenvalue weighted by Gasteiger charge is -2.03. The monoisotopic (exact) mass is 287 g/mol. The minimum Gasteiger partial charge on any atom is -0.464 e. The SMILES string of the molecule is CC(=O)OCCNC(=O)OCI. The first-order valence-electron chi connectivity index (χ1n) is 3.26. The lowest BCUT2D eigenvalue weighted by Crippen LogP contribution is -2.28. The van der Waals surface area contributed by atoms with E-state index in [1.165, 1.54) is 6.92 Å². The summed E-state index contributed by atoms with van der Waals surface area (Å²) >= 11 is 1.91. The predicted molar refractivity (Wildman–Crippen MR) is 50.0 cm³/mol. The van der Waals surface area contributed by atoms with Gasteiger partial charge in [0.15, 0.2) is 0 Å². The molecule has 0 aromatic rings. The molecule has 0 unspecified atom stereocenters. The van der Waals surface area contributed by atoms with Crippen LogP contribution in [0.1, 0.15) is 6.92 Å². The van der Waals surface area contributed by atoms with E-state index < -0.39 is 6.09 Å². The van der Waals surface area contributed by atoms with E-state index in [-0.39, 0.29) is 19.1 Å². The van der Waals surface area contributed by atoms with E-state index >= 15 is 0 Å². The molecule has 1 N–H and O–H groups in total. The zero-order chi connectivity index (χ0) is 9.40. The minimum atomic E-state index is -0.503. The van der Waals surface area contributed by atoms with E-state index in [4.69, 9.17) is 0 Å². The van der Waals surface area contributed by atoms with Gasteiger partial charge in [0, 0.05) is 6.92 Å². The van der Waals surface area contributed by atoms with Gasteiger partial charge in [-0.3, -0.25) is 4.79 Å². The summed E-state index contributed by atoms with van der Waals surface area (Å²) in [5.74, 6) is -0.362. The second-order valence-electron chi connectivity index (χ2n) is 1.81. The Hall–Kier alpha value is -0.530. The van der Waals surface area contributed by atoms with Crippen molar-refractivity contribution in [3.05, 3.63) is 0 Å². The first kappa shape index (κ1) is 11.5. The summed E-state index contributed by atoms with van der Waals surface area (Å²) in [6.07, 6.45) is -0.503. The Kier molecular flexibility index (Phi) is 6.82. The number of esters is 1. The summed E-state index contributed by atoms with van der Waals surface area (Å²) in [5, 5.41) is 2.40. The quantitative estimate of drug-likeness (QED) is 0.357. The van der Waals surface area contributed by atoms with E-state index in [0.29, 0.717) is 4.61 Å². The molecule has 0 aliphatic heterocycles. The predicted octanol–water partition coefficient (Wildman–Crippen LogP) is 0.668. The average molecular weight is 287 g/mol. The molecule has 0 aromatic carbocycles. The van der Waals surface area contributed by atoms with E-state index in [1.807, 2.05) is 22.6 Å². The molecule has 0 fully saturated rings. The topological polar surface area (TPSA) is 64.6 Å². The third-order valence-corrected chi connectivity index (χ3v) is 1.17. The number of carbonyl (C=O) groups is 2. The molecular formula is C6H10INO4. The normalized spacial score (nSPS) is 8.83. The van der Waals surface area contributed by atoms with Crippen LogP contribution in [0.15, 0.2) is 0 Å². The first-order chi connectivity index (χ1) is 5.66. The zero-order valence-electron chi connectivity index (χ0n) is 6.63. The summed E-state index contributed by atoms with van der Waals surface area (Å²) < 4.78 is 9.41. The zero-order valence-corrected chi connectivity index (χ0v) is 8.79. The van der Waals surface area contributed by atoms with Gasteiger partial charge in [-0.1, -0.05) is 0 Å². The van der Waals surface area contributed by atoms with Gasteiger partial charge in [-0.25, -0.2) is 4.79 Å². The molecule has 70 valence electrons. The van der Waals surface area contributed by atoms with Gasteiger partial charge in [-0.15, -0.1) is 0 Å². The van der Waals surface area contributed by atoms with E-state index in [9.17, 15) is 9.59 Å². The Morgan fingerprint density at radius 2 is 2.08 bits per heavy atom. The highest BCUT2D eigenvalue weighted by molar-refractivity contribution is 14.1. The number of rotatable bonds is 4. The summed E-state index contributed by atoms with van der Waals surface area (Å²) in [7, 11) is 0. The van der Waals surface area contributed by atoms with Crippen molar-refractivity contribution in [3.63, 3.8) is 0 Å². The fraction of sp³-hybridized carbons (Fsp3) is 0.667. The number of amides is 1. The summed E-state index contributed by atoms with van der Waals surface area (Å²) in [4.78, 5) is 20.9. The molecule has 1 amide bonds. The van der Waals surface area contributed by atoms with Crippen LogP contribution in [0.4, 0.5) is 4.79 Å². The average Bonchev–Trinajstić information content (AvgIpc) is 1.98. The van der Waals surface area contributed by atoms with Gasteiger partial charge in [-0.2, -0.15) is 0 Å². The summed E-state index contributed by atoms with van der Waals surface area (Å²) in [6, 6.07) is 0. The molecule has 5 nitrogen and oxygen atoms in total. The lowest BCUT2D eigenvalue weighted by atomic mass is 10.7. The number of nitrogens with one attached hydrogen (secondary N) is 1. The fourth-order valence-electron chi connectivity index (χ4n) is 0.448. The molecule has 0 aliphatic carbocycles. The van der Waals surface area contributed by atoms with E-state index in [2.05, 4.69) is 14.8 Å². The number of halogens is 1. The van der Waals surface area contributed by atoms with Crippen molar-refractivity contribution in [1.29, 1.82) is 0 Å². The number of hydrogen-bond donors (Lipinski definition) is 1. The highest BCUT2D eigenvalue weighted by atomic mass is 127. The molecule has 0 saturated carbocycles. The van der Waals surface area contributed by atoms with Gasteiger partial charge >= 0.3 is 12.1 Å². The van der Waals surface area contributed by atoms with Crippen LogP contribution < -0.4 is 5.32 Å². The Bertz CT molecular complexity index is 162. The molecule has 6 heteroatoms. The lowest BCUT2D eigenvalue weighted by molar-refractivity contribution is -0.140. The Morgan fingerprint density at radius 3 is 2.58 bits per heavy atom. The van der Waals surface area contributed by atoms with Crippen LogP contribution in [-0.4, -0.2) is 29.8 Å². The van der Waals surface area contributed by atoms with Crippen molar-refractivity contribution in [3.8, 4) is 0 Å². The van der Waals surface area contributed by atoms with Crippen LogP contribution in [0, 0.1) is 0 Å². The molecular weight excluding hydrogens is 277 g/mol. The minimum absolute atomic E-state index is 0.172. The third kappa shape index (κ3) is 7.58.